The predicted octanol–water partition coefficient (Wildman–Crippen LogP) is 7.57. The molecule has 3 fully saturated rings. The molecule has 4 atom stereocenters. The lowest BCUT2D eigenvalue weighted by atomic mass is 9.71. The van der Waals surface area contributed by atoms with Crippen molar-refractivity contribution >= 4 is 47.4 Å². The number of nitrogens with zero attached hydrogens (tertiary/aromatic N) is 3. The van der Waals surface area contributed by atoms with Crippen molar-refractivity contribution in [1.29, 1.82) is 0 Å². The number of methoxy groups -OCH3 is 2. The van der Waals surface area contributed by atoms with Gasteiger partial charge in [0, 0.05) is 30.7 Å². The van der Waals surface area contributed by atoms with E-state index in [2.05, 4.69) is 35.7 Å². The summed E-state index contributed by atoms with van der Waals surface area (Å²) in [6.45, 7) is 0.958. The summed E-state index contributed by atoms with van der Waals surface area (Å²) in [5, 5.41) is 3.09. The van der Waals surface area contributed by atoms with Gasteiger partial charge in [-0.3, -0.25) is 33.6 Å². The van der Waals surface area contributed by atoms with Crippen molar-refractivity contribution in [1.82, 2.24) is 20.2 Å². The Labute approximate surface area is 455 Å². The molecular formula is C62H65N5O11. The standard InChI is InChI=1S/C30H30N2O7.C29H30N2O4.C3H5N/c1-38-29(37)30-17-7-3-6-10-24(30)31(19-20-11-13-22(14-12-20)21-8-4-2-5-9-21)28(36)23(30)18-27(35)39-32-25(33)15-16-26(32)34;1-3-18-30-26(32)19-24-27(33)31(25-12-8-5-9-17-29(24,25)28(34)35-2)20-21-13-15-23(16-14-21)22-10-6-4-7-11-22;1-2-3-4/h2,4-5,8-14,23H,3,6-7,15-19H2,1H3;1,4,6-7,10-16,24H,5,8-9,17-20H2,2H3,(H,30,32);1H,3-4H2/t23-,30-;24-,29-;/m11./s1. The average molecular weight is 1060 g/mol. The van der Waals surface area contributed by atoms with Gasteiger partial charge in [-0.15, -0.1) is 17.9 Å². The lowest BCUT2D eigenvalue weighted by Crippen LogP contribution is -2.41. The van der Waals surface area contributed by atoms with E-state index in [4.69, 9.17) is 26.5 Å². The number of hydrogen-bond donors (Lipinski definition) is 2. The minimum atomic E-state index is -1.36. The molecule has 5 aliphatic rings. The number of hydrogen-bond acceptors (Lipinski definition) is 12. The van der Waals surface area contributed by atoms with Crippen molar-refractivity contribution in [2.75, 3.05) is 27.3 Å². The fraction of sp³-hybridized carbons (Fsp3) is 0.355. The quantitative estimate of drug-likeness (QED) is 0.0711. The Balaban J connectivity index is 0.000000213. The maximum Gasteiger partial charge on any atom is 0.334 e. The predicted molar refractivity (Wildman–Crippen MR) is 290 cm³/mol. The fourth-order valence-corrected chi connectivity index (χ4v) is 11.2. The molecule has 4 aromatic carbocycles. The molecule has 5 amide bonds. The smallest absolute Gasteiger partial charge is 0.334 e. The van der Waals surface area contributed by atoms with Crippen LogP contribution in [0.1, 0.15) is 88.2 Å². The molecule has 3 aliphatic heterocycles. The summed E-state index contributed by atoms with van der Waals surface area (Å²) in [4.78, 5) is 112. The first-order valence-corrected chi connectivity index (χ1v) is 26.2. The average Bonchev–Trinajstić information content (AvgIpc) is 3.95. The molecule has 0 unspecified atom stereocenters. The number of hydroxylamine groups is 2. The minimum Gasteiger partial charge on any atom is -0.468 e. The van der Waals surface area contributed by atoms with Crippen LogP contribution >= 0.6 is 0 Å². The summed E-state index contributed by atoms with van der Waals surface area (Å²) in [7, 11) is 2.61. The van der Waals surface area contributed by atoms with Crippen LogP contribution in [0.15, 0.2) is 133 Å². The molecule has 0 bridgehead atoms. The van der Waals surface area contributed by atoms with E-state index in [1.807, 2.05) is 109 Å². The fourth-order valence-electron chi connectivity index (χ4n) is 11.2. The van der Waals surface area contributed by atoms with Crippen molar-refractivity contribution in [3.8, 4) is 46.9 Å². The number of likely N-dealkylation sites (tertiary alicyclic amines) is 2. The zero-order valence-corrected chi connectivity index (χ0v) is 44.1. The Morgan fingerprint density at radius 2 is 1.01 bits per heavy atom. The molecule has 2 aliphatic carbocycles. The van der Waals surface area contributed by atoms with Gasteiger partial charge in [-0.25, -0.2) is 4.79 Å². The first-order valence-electron chi connectivity index (χ1n) is 26.2. The highest BCUT2D eigenvalue weighted by molar-refractivity contribution is 6.03. The summed E-state index contributed by atoms with van der Waals surface area (Å²) >= 11 is 0. The number of nitrogens with two attached hydrogens (primary N) is 1. The van der Waals surface area contributed by atoms with E-state index in [-0.39, 0.29) is 44.2 Å². The highest BCUT2D eigenvalue weighted by Gasteiger charge is 2.63. The summed E-state index contributed by atoms with van der Waals surface area (Å²) in [5.41, 5.74) is 9.59. The molecular weight excluding hydrogens is 991 g/mol. The van der Waals surface area contributed by atoms with Crippen LogP contribution in [0.4, 0.5) is 0 Å². The number of fused-ring (bicyclic) bond motifs is 2. The molecule has 404 valence electrons. The third-order valence-corrected chi connectivity index (χ3v) is 14.9. The van der Waals surface area contributed by atoms with Gasteiger partial charge in [0.2, 0.25) is 17.7 Å². The number of terminal acetylenes is 2. The van der Waals surface area contributed by atoms with Crippen molar-refractivity contribution in [2.24, 2.45) is 28.4 Å². The van der Waals surface area contributed by atoms with Crippen molar-refractivity contribution in [2.45, 2.75) is 90.1 Å². The monoisotopic (exact) mass is 1060 g/mol. The third-order valence-electron chi connectivity index (χ3n) is 14.9. The van der Waals surface area contributed by atoms with Gasteiger partial charge < -0.3 is 35.2 Å². The molecule has 3 N–H and O–H groups in total. The highest BCUT2D eigenvalue weighted by Crippen LogP contribution is 2.55. The number of rotatable bonds is 14. The SMILES string of the molecule is C#CCN.C#CCNC(=O)C[C@@H]1C(=O)N(Cc2ccc(-c3ccccc3)cc2)C2=CCCCC[C@]21C(=O)OC.COC(=O)[C@@]12CCCCC=C1N(Cc1ccc(-c3ccccc3)cc1)C(=O)[C@H]2CC(=O)ON1C(=O)CCC1=O. The molecule has 16 nitrogen and oxygen atoms in total. The first-order chi connectivity index (χ1) is 37.8. The lowest BCUT2D eigenvalue weighted by Gasteiger charge is -2.31. The number of carbonyl (C=O) groups excluding carboxylic acids is 8. The molecule has 0 saturated carbocycles. The topological polar surface area (TPSA) is 212 Å². The zero-order chi connectivity index (χ0) is 55.8. The van der Waals surface area contributed by atoms with E-state index < -0.39 is 64.7 Å². The van der Waals surface area contributed by atoms with E-state index in [1.54, 1.807) is 9.80 Å². The van der Waals surface area contributed by atoms with Crippen LogP contribution in [0.25, 0.3) is 22.3 Å². The molecule has 3 saturated heterocycles. The van der Waals surface area contributed by atoms with Crippen molar-refractivity contribution in [3.05, 3.63) is 144 Å². The van der Waals surface area contributed by atoms with Gasteiger partial charge in [-0.1, -0.05) is 146 Å². The first kappa shape index (κ1) is 57.1. The maximum atomic E-state index is 13.9. The van der Waals surface area contributed by atoms with E-state index in [0.29, 0.717) is 55.2 Å². The van der Waals surface area contributed by atoms with Crippen LogP contribution in [0.3, 0.4) is 0 Å². The van der Waals surface area contributed by atoms with Crippen LogP contribution in [0, 0.1) is 47.4 Å². The van der Waals surface area contributed by atoms with Gasteiger partial charge in [-0.2, -0.15) is 0 Å². The van der Waals surface area contributed by atoms with Gasteiger partial charge >= 0.3 is 17.9 Å². The normalized spacial score (nSPS) is 21.3. The molecule has 16 heteroatoms. The Morgan fingerprint density at radius 1 is 0.603 bits per heavy atom. The summed E-state index contributed by atoms with van der Waals surface area (Å²) < 4.78 is 10.4. The van der Waals surface area contributed by atoms with E-state index in [0.717, 1.165) is 59.1 Å². The number of benzene rings is 4. The third kappa shape index (κ3) is 12.3. The molecule has 0 spiro atoms. The molecule has 0 aromatic heterocycles. The van der Waals surface area contributed by atoms with Crippen molar-refractivity contribution in [3.63, 3.8) is 0 Å². The molecule has 9 rings (SSSR count). The Morgan fingerprint density at radius 3 is 1.41 bits per heavy atom. The molecule has 3 heterocycles. The van der Waals surface area contributed by atoms with E-state index in [1.165, 1.54) is 14.2 Å². The van der Waals surface area contributed by atoms with Crippen LogP contribution in [-0.4, -0.2) is 89.6 Å². The number of carbonyl (C=O) groups is 8. The van der Waals surface area contributed by atoms with Crippen LogP contribution in [0.5, 0.6) is 0 Å². The van der Waals surface area contributed by atoms with Gasteiger partial charge in [0.05, 0.1) is 58.7 Å². The number of ether oxygens (including phenoxy) is 2. The second-order valence-corrected chi connectivity index (χ2v) is 19.5. The highest BCUT2D eigenvalue weighted by atomic mass is 16.7. The van der Waals surface area contributed by atoms with Gasteiger partial charge in [0.15, 0.2) is 0 Å². The Kier molecular flexibility index (Phi) is 19.4. The second kappa shape index (κ2) is 26.4. The number of amides is 5. The number of esters is 2. The molecule has 4 aromatic rings. The number of nitrogens with one attached hydrogen (secondary N) is 1. The minimum absolute atomic E-state index is 0.0374. The maximum absolute atomic E-state index is 13.9. The summed E-state index contributed by atoms with van der Waals surface area (Å²) in [6, 6.07) is 35.9. The van der Waals surface area contributed by atoms with E-state index in [9.17, 15) is 38.4 Å². The zero-order valence-electron chi connectivity index (χ0n) is 44.1. The van der Waals surface area contributed by atoms with Crippen LogP contribution in [0.2, 0.25) is 0 Å². The Bertz CT molecular complexity index is 3000. The lowest BCUT2D eigenvalue weighted by molar-refractivity contribution is -0.198. The molecule has 0 radical (unpaired) electrons. The Hall–Kier alpha value is -8.60. The summed E-state index contributed by atoms with van der Waals surface area (Å²) in [5.74, 6) is -1.49. The second-order valence-electron chi connectivity index (χ2n) is 19.5. The largest absolute Gasteiger partial charge is 0.468 e. The summed E-state index contributed by atoms with van der Waals surface area (Å²) in [6.07, 6.45) is 18.6. The van der Waals surface area contributed by atoms with Gasteiger partial charge in [0.25, 0.3) is 11.8 Å². The van der Waals surface area contributed by atoms with Crippen LogP contribution in [-0.2, 0) is 65.8 Å². The van der Waals surface area contributed by atoms with Gasteiger partial charge in [-0.05, 0) is 71.9 Å². The van der Waals surface area contributed by atoms with Crippen molar-refractivity contribution < 1.29 is 52.7 Å². The van der Waals surface area contributed by atoms with Gasteiger partial charge in [0.1, 0.15) is 10.8 Å². The number of allylic oxidation sites excluding steroid dienone is 2. The number of imide groups is 1. The van der Waals surface area contributed by atoms with E-state index >= 15 is 0 Å². The molecule has 78 heavy (non-hydrogen) atoms. The van der Waals surface area contributed by atoms with Crippen LogP contribution < -0.4 is 11.1 Å².